The Morgan fingerprint density at radius 1 is 0.392 bits per heavy atom. The smallest absolute Gasteiger partial charge is 0.143 e. The van der Waals surface area contributed by atoms with Crippen molar-refractivity contribution in [1.82, 2.24) is 16.0 Å². The number of hydrogen-bond donors (Lipinski definition) is 3. The molecule has 5 nitrogen and oxygen atoms in total. The quantitative estimate of drug-likeness (QED) is 0.173. The molecule has 1 fully saturated rings. The number of para-hydroxylation sites is 2. The Balaban J connectivity index is 1.00. The second-order valence-corrected chi connectivity index (χ2v) is 14.5. The Labute approximate surface area is 297 Å². The molecule has 3 N–H and O–H groups in total. The molecule has 0 spiro atoms. The van der Waals surface area contributed by atoms with Crippen molar-refractivity contribution >= 4 is 75.4 Å². The molecule has 6 heteroatoms. The van der Waals surface area contributed by atoms with Crippen molar-refractivity contribution in [2.75, 3.05) is 0 Å². The maximum absolute atomic E-state index is 6.40. The highest BCUT2D eigenvalue weighted by Gasteiger charge is 2.30. The predicted molar refractivity (Wildman–Crippen MR) is 210 cm³/mol. The lowest BCUT2D eigenvalue weighted by atomic mass is 9.99. The van der Waals surface area contributed by atoms with Crippen LogP contribution in [0.2, 0.25) is 0 Å². The van der Waals surface area contributed by atoms with E-state index >= 15 is 0 Å². The summed E-state index contributed by atoms with van der Waals surface area (Å²) in [6.07, 6.45) is -0.265. The molecule has 0 saturated carbocycles. The molecule has 0 bridgehead atoms. The van der Waals surface area contributed by atoms with E-state index in [1.807, 2.05) is 23.5 Å². The van der Waals surface area contributed by atoms with Gasteiger partial charge >= 0.3 is 0 Å². The molecule has 51 heavy (non-hydrogen) atoms. The standard InChI is InChI=1S/C45H31N3O2S/c1-2-9-26(10-3-1)43-46-44(48-45(47-43)29-17-20-33-32-12-5-7-16-40(32)51-41(33)25-29)28-19-22-39-36(24-28)35-23-27(18-21-38(35)49-39)30-13-8-14-34-31-11-4-6-15-37(31)50-42(30)34/h1-25,43-48H. The average Bonchev–Trinajstić information content (AvgIpc) is 3.88. The number of nitrogens with one attached hydrogen (secondary N) is 3. The predicted octanol–water partition coefficient (Wildman–Crippen LogP) is 11.7. The van der Waals surface area contributed by atoms with E-state index in [0.29, 0.717) is 0 Å². The van der Waals surface area contributed by atoms with Gasteiger partial charge in [0.25, 0.3) is 0 Å². The fraction of sp³-hybridized carbons (Fsp3) is 0.0667. The summed E-state index contributed by atoms with van der Waals surface area (Å²) in [7, 11) is 0. The molecular weight excluding hydrogens is 647 g/mol. The van der Waals surface area contributed by atoms with E-state index in [-0.39, 0.29) is 18.5 Å². The van der Waals surface area contributed by atoms with E-state index in [4.69, 9.17) is 8.83 Å². The summed E-state index contributed by atoms with van der Waals surface area (Å²) in [6, 6.07) is 53.8. The largest absolute Gasteiger partial charge is 0.456 e. The second-order valence-electron chi connectivity index (χ2n) is 13.4. The average molecular weight is 678 g/mol. The van der Waals surface area contributed by atoms with Gasteiger partial charge in [-0.05, 0) is 64.7 Å². The molecule has 3 atom stereocenters. The summed E-state index contributed by atoms with van der Waals surface area (Å²) in [5, 5.41) is 18.6. The molecule has 0 aliphatic carbocycles. The molecule has 244 valence electrons. The van der Waals surface area contributed by atoms with Gasteiger partial charge in [0.1, 0.15) is 22.3 Å². The lowest BCUT2D eigenvalue weighted by Gasteiger charge is -2.39. The Kier molecular flexibility index (Phi) is 6.48. The normalized spacial score (nSPS) is 18.2. The van der Waals surface area contributed by atoms with Gasteiger partial charge < -0.3 is 8.83 Å². The minimum atomic E-state index is -0.124. The number of hydrogen-bond acceptors (Lipinski definition) is 6. The molecule has 1 aliphatic heterocycles. The van der Waals surface area contributed by atoms with Crippen LogP contribution in [0.3, 0.4) is 0 Å². The summed E-state index contributed by atoms with van der Waals surface area (Å²) >= 11 is 1.85. The van der Waals surface area contributed by atoms with Gasteiger partial charge in [0.05, 0.1) is 18.5 Å². The third kappa shape index (κ3) is 4.73. The van der Waals surface area contributed by atoms with E-state index in [0.717, 1.165) is 60.6 Å². The molecule has 11 rings (SSSR count). The number of furan rings is 2. The zero-order valence-electron chi connectivity index (χ0n) is 27.4. The zero-order chi connectivity index (χ0) is 33.5. The van der Waals surface area contributed by atoms with E-state index in [2.05, 4.69) is 155 Å². The fourth-order valence-corrected chi connectivity index (χ4v) is 9.06. The maximum atomic E-state index is 6.40. The van der Waals surface area contributed by atoms with Gasteiger partial charge in [-0.25, -0.2) is 0 Å². The van der Waals surface area contributed by atoms with Crippen molar-refractivity contribution in [2.45, 2.75) is 18.5 Å². The SMILES string of the molecule is c1ccc(C2NC(c3ccc4c(c3)sc3ccccc34)NC(c3ccc4oc5ccc(-c6cccc7c6oc6ccccc67)cc5c4c3)N2)cc1. The van der Waals surface area contributed by atoms with Crippen LogP contribution in [0.1, 0.15) is 35.2 Å². The monoisotopic (exact) mass is 677 g/mol. The Morgan fingerprint density at radius 2 is 1.02 bits per heavy atom. The van der Waals surface area contributed by atoms with Crippen LogP contribution >= 0.6 is 11.3 Å². The topological polar surface area (TPSA) is 62.4 Å². The van der Waals surface area contributed by atoms with Crippen LogP contribution in [0.5, 0.6) is 0 Å². The van der Waals surface area contributed by atoms with Crippen molar-refractivity contribution in [3.63, 3.8) is 0 Å². The van der Waals surface area contributed by atoms with Crippen LogP contribution in [0, 0.1) is 0 Å². The van der Waals surface area contributed by atoms with Crippen LogP contribution in [0.15, 0.2) is 160 Å². The van der Waals surface area contributed by atoms with Gasteiger partial charge in [-0.2, -0.15) is 0 Å². The van der Waals surface area contributed by atoms with Gasteiger partial charge in [0.2, 0.25) is 0 Å². The fourth-order valence-electron chi connectivity index (χ4n) is 7.91. The summed E-state index contributed by atoms with van der Waals surface area (Å²) in [6.45, 7) is 0. The molecule has 1 aliphatic rings. The van der Waals surface area contributed by atoms with Gasteiger partial charge in [-0.3, -0.25) is 16.0 Å². The van der Waals surface area contributed by atoms with Crippen LogP contribution < -0.4 is 16.0 Å². The van der Waals surface area contributed by atoms with E-state index in [1.54, 1.807) is 0 Å². The molecule has 3 aromatic heterocycles. The number of rotatable bonds is 4. The summed E-state index contributed by atoms with van der Waals surface area (Å²) in [5.74, 6) is 0. The third-order valence-corrected chi connectivity index (χ3v) is 11.5. The minimum absolute atomic E-state index is 0.0618. The first-order valence-electron chi connectivity index (χ1n) is 17.3. The molecule has 10 aromatic rings. The molecule has 0 amide bonds. The summed E-state index contributed by atoms with van der Waals surface area (Å²) < 4.78 is 15.4. The first-order chi connectivity index (χ1) is 25.2. The maximum Gasteiger partial charge on any atom is 0.143 e. The second kappa shape index (κ2) is 11.4. The molecule has 7 aromatic carbocycles. The van der Waals surface area contributed by atoms with Crippen molar-refractivity contribution in [2.24, 2.45) is 0 Å². The minimum Gasteiger partial charge on any atom is -0.456 e. The number of thiophene rings is 1. The Morgan fingerprint density at radius 3 is 1.88 bits per heavy atom. The van der Waals surface area contributed by atoms with Crippen molar-refractivity contribution < 1.29 is 8.83 Å². The van der Waals surface area contributed by atoms with Crippen molar-refractivity contribution in [3.05, 3.63) is 168 Å². The zero-order valence-corrected chi connectivity index (χ0v) is 28.2. The lowest BCUT2D eigenvalue weighted by Crippen LogP contribution is -2.54. The highest BCUT2D eigenvalue weighted by Crippen LogP contribution is 2.40. The molecule has 0 radical (unpaired) electrons. The number of fused-ring (bicyclic) bond motifs is 9. The highest BCUT2D eigenvalue weighted by molar-refractivity contribution is 7.25. The molecule has 3 unspecified atom stereocenters. The van der Waals surface area contributed by atoms with Gasteiger partial charge in [-0.1, -0.05) is 109 Å². The van der Waals surface area contributed by atoms with Gasteiger partial charge in [0.15, 0.2) is 0 Å². The Hall–Kier alpha value is -5.76. The molecular formula is C45H31N3O2S. The van der Waals surface area contributed by atoms with Crippen LogP contribution in [0.25, 0.3) is 75.2 Å². The van der Waals surface area contributed by atoms with Crippen molar-refractivity contribution in [1.29, 1.82) is 0 Å². The van der Waals surface area contributed by atoms with E-state index in [9.17, 15) is 0 Å². The van der Waals surface area contributed by atoms with E-state index < -0.39 is 0 Å². The van der Waals surface area contributed by atoms with Gasteiger partial charge in [-0.15, -0.1) is 11.3 Å². The van der Waals surface area contributed by atoms with E-state index in [1.165, 1.54) is 31.3 Å². The van der Waals surface area contributed by atoms with Crippen molar-refractivity contribution in [3.8, 4) is 11.1 Å². The first-order valence-corrected chi connectivity index (χ1v) is 18.2. The highest BCUT2D eigenvalue weighted by atomic mass is 32.1. The first kappa shape index (κ1) is 29.0. The molecule has 4 heterocycles. The molecule has 1 saturated heterocycles. The van der Waals surface area contributed by atoms with Crippen LogP contribution in [-0.2, 0) is 0 Å². The summed E-state index contributed by atoms with van der Waals surface area (Å²) in [5.41, 5.74) is 9.25. The lowest BCUT2D eigenvalue weighted by molar-refractivity contribution is 0.203. The third-order valence-electron chi connectivity index (χ3n) is 10.4. The van der Waals surface area contributed by atoms with Gasteiger partial charge in [0, 0.05) is 47.3 Å². The number of benzene rings is 7. The van der Waals surface area contributed by atoms with Crippen LogP contribution in [0.4, 0.5) is 0 Å². The van der Waals surface area contributed by atoms with Crippen LogP contribution in [-0.4, -0.2) is 0 Å². The summed E-state index contributed by atoms with van der Waals surface area (Å²) in [4.78, 5) is 0. The Bertz CT molecular complexity index is 2940.